The Kier molecular flexibility index (Phi) is 5.12. The Labute approximate surface area is 171 Å². The molecule has 29 heavy (non-hydrogen) atoms. The van der Waals surface area contributed by atoms with Crippen molar-refractivity contribution in [3.8, 4) is 5.75 Å². The standard InChI is InChI=1S/C22H26N2O4S/c1-22(2)15-19(18-7-3-4-8-20(18)28-22)23-21(25)16-9-11-17(12-10-16)29(26,27)24-13-5-6-14-24/h3-4,7-12,19H,5-6,13-15H2,1-2H3,(H,23,25)/t19-/m1/s1. The fourth-order valence-electron chi connectivity index (χ4n) is 4.03. The van der Waals surface area contributed by atoms with Crippen LogP contribution in [0.15, 0.2) is 53.4 Å². The summed E-state index contributed by atoms with van der Waals surface area (Å²) in [5.74, 6) is 0.550. The van der Waals surface area contributed by atoms with E-state index >= 15 is 0 Å². The van der Waals surface area contributed by atoms with E-state index < -0.39 is 10.0 Å². The van der Waals surface area contributed by atoms with Crippen molar-refractivity contribution in [2.24, 2.45) is 0 Å². The largest absolute Gasteiger partial charge is 0.487 e. The minimum absolute atomic E-state index is 0.171. The zero-order valence-corrected chi connectivity index (χ0v) is 17.5. The van der Waals surface area contributed by atoms with Crippen LogP contribution in [0.3, 0.4) is 0 Å². The number of hydrogen-bond donors (Lipinski definition) is 1. The van der Waals surface area contributed by atoms with Gasteiger partial charge in [-0.3, -0.25) is 4.79 Å². The lowest BCUT2D eigenvalue weighted by Crippen LogP contribution is -2.41. The first-order chi connectivity index (χ1) is 13.8. The van der Waals surface area contributed by atoms with Gasteiger partial charge >= 0.3 is 0 Å². The summed E-state index contributed by atoms with van der Waals surface area (Å²) < 4.78 is 32.8. The summed E-state index contributed by atoms with van der Waals surface area (Å²) in [4.78, 5) is 13.1. The van der Waals surface area contributed by atoms with Crippen molar-refractivity contribution in [2.75, 3.05) is 13.1 Å². The first-order valence-electron chi connectivity index (χ1n) is 9.95. The highest BCUT2D eigenvalue weighted by Crippen LogP contribution is 2.39. The molecule has 1 saturated heterocycles. The second kappa shape index (κ2) is 7.46. The Bertz CT molecular complexity index is 1010. The first-order valence-corrected chi connectivity index (χ1v) is 11.4. The number of carbonyl (C=O) groups is 1. The van der Waals surface area contributed by atoms with Crippen molar-refractivity contribution in [3.63, 3.8) is 0 Å². The Morgan fingerprint density at radius 3 is 2.41 bits per heavy atom. The van der Waals surface area contributed by atoms with Gasteiger partial charge in [-0.15, -0.1) is 0 Å². The number of nitrogens with one attached hydrogen (secondary N) is 1. The van der Waals surface area contributed by atoms with E-state index in [9.17, 15) is 13.2 Å². The molecule has 1 amide bonds. The molecular formula is C22H26N2O4S. The monoisotopic (exact) mass is 414 g/mol. The van der Waals surface area contributed by atoms with Crippen LogP contribution >= 0.6 is 0 Å². The van der Waals surface area contributed by atoms with Gasteiger partial charge in [0.15, 0.2) is 0 Å². The molecule has 6 nitrogen and oxygen atoms in total. The lowest BCUT2D eigenvalue weighted by Gasteiger charge is -2.37. The molecule has 1 N–H and O–H groups in total. The van der Waals surface area contributed by atoms with Crippen molar-refractivity contribution in [1.82, 2.24) is 9.62 Å². The van der Waals surface area contributed by atoms with Gasteiger partial charge in [-0.1, -0.05) is 18.2 Å². The number of nitrogens with zero attached hydrogens (tertiary/aromatic N) is 1. The number of para-hydroxylation sites is 1. The third-order valence-electron chi connectivity index (χ3n) is 5.50. The second-order valence-electron chi connectivity index (χ2n) is 8.27. The molecule has 0 aromatic heterocycles. The Morgan fingerprint density at radius 2 is 1.72 bits per heavy atom. The van der Waals surface area contributed by atoms with Crippen LogP contribution in [0, 0.1) is 0 Å². The number of benzene rings is 2. The van der Waals surface area contributed by atoms with Crippen LogP contribution in [0.2, 0.25) is 0 Å². The summed E-state index contributed by atoms with van der Waals surface area (Å²) in [7, 11) is -3.48. The Morgan fingerprint density at radius 1 is 1.07 bits per heavy atom. The summed E-state index contributed by atoms with van der Waals surface area (Å²) in [6.45, 7) is 5.12. The topological polar surface area (TPSA) is 75.7 Å². The van der Waals surface area contributed by atoms with E-state index in [0.29, 0.717) is 25.1 Å². The SMILES string of the molecule is CC1(C)C[C@@H](NC(=O)c2ccc(S(=O)(=O)N3CCCC3)cc2)c2ccccc2O1. The predicted octanol–water partition coefficient (Wildman–Crippen LogP) is 3.50. The first kappa shape index (κ1) is 19.9. The van der Waals surface area contributed by atoms with Crippen molar-refractivity contribution in [3.05, 3.63) is 59.7 Å². The highest BCUT2D eigenvalue weighted by Gasteiger charge is 2.34. The van der Waals surface area contributed by atoms with E-state index in [1.165, 1.54) is 16.4 Å². The lowest BCUT2D eigenvalue weighted by molar-refractivity contribution is 0.0619. The number of amides is 1. The summed E-state index contributed by atoms with van der Waals surface area (Å²) in [5, 5.41) is 3.08. The molecule has 1 fully saturated rings. The van der Waals surface area contributed by atoms with Crippen LogP contribution in [-0.2, 0) is 10.0 Å². The van der Waals surface area contributed by atoms with Crippen LogP contribution in [-0.4, -0.2) is 37.3 Å². The third-order valence-corrected chi connectivity index (χ3v) is 7.41. The van der Waals surface area contributed by atoms with Crippen LogP contribution in [0.1, 0.15) is 55.1 Å². The molecule has 0 bridgehead atoms. The van der Waals surface area contributed by atoms with Crippen LogP contribution in [0.5, 0.6) is 5.75 Å². The second-order valence-corrected chi connectivity index (χ2v) is 10.2. The third kappa shape index (κ3) is 4.02. The van der Waals surface area contributed by atoms with Gasteiger partial charge in [0.05, 0.1) is 10.9 Å². The maximum absolute atomic E-state index is 12.8. The molecule has 4 rings (SSSR count). The zero-order valence-electron chi connectivity index (χ0n) is 16.7. The molecular weight excluding hydrogens is 388 g/mol. The fourth-order valence-corrected chi connectivity index (χ4v) is 5.55. The average Bonchev–Trinajstić information content (AvgIpc) is 3.23. The molecule has 154 valence electrons. The molecule has 2 aromatic carbocycles. The van der Waals surface area contributed by atoms with Gasteiger partial charge in [-0.05, 0) is 57.0 Å². The highest BCUT2D eigenvalue weighted by molar-refractivity contribution is 7.89. The molecule has 2 aliphatic heterocycles. The molecule has 0 radical (unpaired) electrons. The van der Waals surface area contributed by atoms with Crippen molar-refractivity contribution >= 4 is 15.9 Å². The van der Waals surface area contributed by atoms with Gasteiger partial charge < -0.3 is 10.1 Å². The normalized spacial score (nSPS) is 21.2. The number of carbonyl (C=O) groups excluding carboxylic acids is 1. The molecule has 2 aromatic rings. The summed E-state index contributed by atoms with van der Waals surface area (Å²) in [6.07, 6.45) is 2.43. The molecule has 2 heterocycles. The summed E-state index contributed by atoms with van der Waals surface area (Å²) in [5.41, 5.74) is 1.00. The number of fused-ring (bicyclic) bond motifs is 1. The number of rotatable bonds is 4. The number of sulfonamides is 1. The smallest absolute Gasteiger partial charge is 0.251 e. The van der Waals surface area contributed by atoms with Crippen molar-refractivity contribution in [1.29, 1.82) is 0 Å². The van der Waals surface area contributed by atoms with Gasteiger partial charge in [0.25, 0.3) is 5.91 Å². The molecule has 0 spiro atoms. The quantitative estimate of drug-likeness (QED) is 0.831. The van der Waals surface area contributed by atoms with Crippen molar-refractivity contribution in [2.45, 2.75) is 49.6 Å². The van der Waals surface area contributed by atoms with Gasteiger partial charge in [-0.25, -0.2) is 8.42 Å². The summed E-state index contributed by atoms with van der Waals surface area (Å²) >= 11 is 0. The predicted molar refractivity (Wildman–Crippen MR) is 110 cm³/mol. The van der Waals surface area contributed by atoms with Crippen molar-refractivity contribution < 1.29 is 17.9 Å². The van der Waals surface area contributed by atoms with E-state index in [1.807, 2.05) is 38.1 Å². The highest BCUT2D eigenvalue weighted by atomic mass is 32.2. The maximum Gasteiger partial charge on any atom is 0.251 e. The van der Waals surface area contributed by atoms with Gasteiger partial charge in [0, 0.05) is 30.6 Å². The minimum atomic E-state index is -3.48. The maximum atomic E-state index is 12.8. The summed E-state index contributed by atoms with van der Waals surface area (Å²) in [6, 6.07) is 13.7. The Balaban J connectivity index is 1.52. The Hall–Kier alpha value is -2.38. The number of hydrogen-bond acceptors (Lipinski definition) is 4. The van der Waals surface area contributed by atoms with Crippen LogP contribution in [0.25, 0.3) is 0 Å². The van der Waals surface area contributed by atoms with E-state index in [2.05, 4.69) is 5.32 Å². The minimum Gasteiger partial charge on any atom is -0.487 e. The molecule has 0 unspecified atom stereocenters. The molecule has 7 heteroatoms. The fraction of sp³-hybridized carbons (Fsp3) is 0.409. The van der Waals surface area contributed by atoms with Gasteiger partial charge in [0.2, 0.25) is 10.0 Å². The molecule has 0 saturated carbocycles. The molecule has 0 aliphatic carbocycles. The van der Waals surface area contributed by atoms with Gasteiger partial charge in [0.1, 0.15) is 11.4 Å². The van der Waals surface area contributed by atoms with E-state index in [4.69, 9.17) is 4.74 Å². The van der Waals surface area contributed by atoms with Gasteiger partial charge in [-0.2, -0.15) is 4.31 Å². The van der Waals surface area contributed by atoms with E-state index in [1.54, 1.807) is 12.1 Å². The van der Waals surface area contributed by atoms with Crippen LogP contribution < -0.4 is 10.1 Å². The van der Waals surface area contributed by atoms with E-state index in [0.717, 1.165) is 24.2 Å². The lowest BCUT2D eigenvalue weighted by atomic mass is 9.89. The van der Waals surface area contributed by atoms with E-state index in [-0.39, 0.29) is 22.4 Å². The molecule has 1 atom stereocenters. The zero-order chi connectivity index (χ0) is 20.6. The average molecular weight is 415 g/mol. The number of ether oxygens (including phenoxy) is 1. The van der Waals surface area contributed by atoms with Crippen LogP contribution in [0.4, 0.5) is 0 Å². The molecule has 2 aliphatic rings.